The minimum atomic E-state index is -0.299. The molecule has 106 valence electrons. The predicted octanol–water partition coefficient (Wildman–Crippen LogP) is 3.18. The van der Waals surface area contributed by atoms with Gasteiger partial charge in [0.15, 0.2) is 0 Å². The lowest BCUT2D eigenvalue weighted by Gasteiger charge is -2.01. The van der Waals surface area contributed by atoms with Gasteiger partial charge in [-0.1, -0.05) is 25.1 Å². The van der Waals surface area contributed by atoms with Crippen LogP contribution in [0.15, 0.2) is 34.3 Å². The van der Waals surface area contributed by atoms with E-state index in [9.17, 15) is 10.1 Å². The maximum absolute atomic E-state index is 12.1. The lowest BCUT2D eigenvalue weighted by molar-refractivity contribution is -0.117. The molecule has 0 atom stereocenters. The average Bonchev–Trinajstić information content (AvgIpc) is 3.24. The van der Waals surface area contributed by atoms with Gasteiger partial charge in [0.1, 0.15) is 23.0 Å². The van der Waals surface area contributed by atoms with Crippen molar-refractivity contribution in [2.24, 2.45) is 0 Å². The number of nitrogens with one attached hydrogen (secondary N) is 1. The Kier molecular flexibility index (Phi) is 3.49. The maximum Gasteiger partial charge on any atom is 0.262 e. The summed E-state index contributed by atoms with van der Waals surface area (Å²) >= 11 is 0. The van der Waals surface area contributed by atoms with Crippen LogP contribution in [0.3, 0.4) is 0 Å². The van der Waals surface area contributed by atoms with Crippen LogP contribution >= 0.6 is 0 Å². The third kappa shape index (κ3) is 2.68. The van der Waals surface area contributed by atoms with Crippen molar-refractivity contribution in [3.05, 3.63) is 41.2 Å². The lowest BCUT2D eigenvalue weighted by atomic mass is 10.1. The largest absolute Gasteiger partial charge is 0.460 e. The number of benzene rings is 1. The zero-order chi connectivity index (χ0) is 14.8. The highest BCUT2D eigenvalue weighted by Gasteiger charge is 2.25. The standard InChI is InChI=1S/C17H16N2O2/c1-2-15-14(13-5-3-4-6-16(13)21-15)9-11(10-18)17(20)19-12-7-8-12/h3-6,9,12H,2,7-8H2,1H3,(H,19,20)/b11-9-. The smallest absolute Gasteiger partial charge is 0.262 e. The number of para-hydroxylation sites is 1. The van der Waals surface area contributed by atoms with Gasteiger partial charge in [0.25, 0.3) is 5.91 Å². The predicted molar refractivity (Wildman–Crippen MR) is 80.3 cm³/mol. The molecule has 1 amide bonds. The van der Waals surface area contributed by atoms with Crippen LogP contribution < -0.4 is 5.32 Å². The van der Waals surface area contributed by atoms with Crippen LogP contribution in [0.2, 0.25) is 0 Å². The molecule has 1 fully saturated rings. The Morgan fingerprint density at radius 1 is 1.48 bits per heavy atom. The van der Waals surface area contributed by atoms with Gasteiger partial charge in [-0.25, -0.2) is 0 Å². The zero-order valence-corrected chi connectivity index (χ0v) is 11.8. The van der Waals surface area contributed by atoms with E-state index in [4.69, 9.17) is 4.42 Å². The second-order valence-electron chi connectivity index (χ2n) is 5.21. The summed E-state index contributed by atoms with van der Waals surface area (Å²) < 4.78 is 5.78. The highest BCUT2D eigenvalue weighted by molar-refractivity contribution is 6.04. The van der Waals surface area contributed by atoms with Crippen molar-refractivity contribution in [2.45, 2.75) is 32.2 Å². The van der Waals surface area contributed by atoms with Crippen molar-refractivity contribution in [1.29, 1.82) is 5.26 Å². The van der Waals surface area contributed by atoms with Crippen molar-refractivity contribution < 1.29 is 9.21 Å². The third-order valence-electron chi connectivity index (χ3n) is 3.60. The Balaban J connectivity index is 2.03. The number of hydrogen-bond donors (Lipinski definition) is 1. The number of furan rings is 1. The molecule has 1 saturated carbocycles. The number of carbonyl (C=O) groups excluding carboxylic acids is 1. The van der Waals surface area contributed by atoms with Crippen molar-refractivity contribution >= 4 is 23.0 Å². The first-order chi connectivity index (χ1) is 10.2. The monoisotopic (exact) mass is 280 g/mol. The molecule has 21 heavy (non-hydrogen) atoms. The molecule has 0 saturated heterocycles. The second kappa shape index (κ2) is 5.45. The molecular weight excluding hydrogens is 264 g/mol. The van der Waals surface area contributed by atoms with Gasteiger partial charge in [0.05, 0.1) is 0 Å². The topological polar surface area (TPSA) is 66.0 Å². The number of nitrogens with zero attached hydrogens (tertiary/aromatic N) is 1. The molecule has 1 aromatic heterocycles. The summed E-state index contributed by atoms with van der Waals surface area (Å²) in [5.41, 5.74) is 1.74. The number of amides is 1. The minimum Gasteiger partial charge on any atom is -0.460 e. The number of rotatable bonds is 4. The summed E-state index contributed by atoms with van der Waals surface area (Å²) in [6.07, 6.45) is 4.35. The molecule has 1 N–H and O–H groups in total. The van der Waals surface area contributed by atoms with E-state index < -0.39 is 0 Å². The Morgan fingerprint density at radius 3 is 2.90 bits per heavy atom. The van der Waals surface area contributed by atoms with E-state index in [1.54, 1.807) is 6.08 Å². The van der Waals surface area contributed by atoms with Gasteiger partial charge in [-0.2, -0.15) is 5.26 Å². The van der Waals surface area contributed by atoms with Crippen LogP contribution in [0.4, 0.5) is 0 Å². The normalized spacial score (nSPS) is 15.0. The molecule has 1 aliphatic rings. The minimum absolute atomic E-state index is 0.128. The van der Waals surface area contributed by atoms with E-state index in [-0.39, 0.29) is 17.5 Å². The molecule has 4 heteroatoms. The first-order valence-corrected chi connectivity index (χ1v) is 7.16. The van der Waals surface area contributed by atoms with E-state index in [2.05, 4.69) is 5.32 Å². The van der Waals surface area contributed by atoms with Crippen molar-refractivity contribution in [3.63, 3.8) is 0 Å². The van der Waals surface area contributed by atoms with Crippen molar-refractivity contribution in [3.8, 4) is 6.07 Å². The molecule has 3 rings (SSSR count). The van der Waals surface area contributed by atoms with E-state index in [1.165, 1.54) is 0 Å². The SMILES string of the molecule is CCc1oc2ccccc2c1/C=C(/C#N)C(=O)NC1CC1. The highest BCUT2D eigenvalue weighted by atomic mass is 16.3. The van der Waals surface area contributed by atoms with E-state index in [1.807, 2.05) is 37.3 Å². The fourth-order valence-electron chi connectivity index (χ4n) is 2.32. The molecule has 0 bridgehead atoms. The first kappa shape index (κ1) is 13.4. The molecule has 0 unspecified atom stereocenters. The van der Waals surface area contributed by atoms with Gasteiger partial charge < -0.3 is 9.73 Å². The molecule has 1 heterocycles. The quantitative estimate of drug-likeness (QED) is 0.691. The van der Waals surface area contributed by atoms with Gasteiger partial charge >= 0.3 is 0 Å². The summed E-state index contributed by atoms with van der Waals surface area (Å²) in [5, 5.41) is 13.0. The first-order valence-electron chi connectivity index (χ1n) is 7.16. The van der Waals surface area contributed by atoms with Crippen LogP contribution in [-0.4, -0.2) is 11.9 Å². The van der Waals surface area contributed by atoms with Gasteiger partial charge in [-0.05, 0) is 25.0 Å². The molecule has 0 radical (unpaired) electrons. The Bertz CT molecular complexity index is 761. The van der Waals surface area contributed by atoms with Crippen LogP contribution in [0, 0.1) is 11.3 Å². The number of aryl methyl sites for hydroxylation is 1. The molecule has 0 aliphatic heterocycles. The van der Waals surface area contributed by atoms with Gasteiger partial charge in [-0.15, -0.1) is 0 Å². The number of hydrogen-bond acceptors (Lipinski definition) is 3. The molecule has 1 aliphatic carbocycles. The Hall–Kier alpha value is -2.54. The lowest BCUT2D eigenvalue weighted by Crippen LogP contribution is -2.26. The van der Waals surface area contributed by atoms with E-state index >= 15 is 0 Å². The summed E-state index contributed by atoms with van der Waals surface area (Å²) in [6.45, 7) is 1.99. The fourth-order valence-corrected chi connectivity index (χ4v) is 2.32. The van der Waals surface area contributed by atoms with Crippen LogP contribution in [0.25, 0.3) is 17.0 Å². The highest BCUT2D eigenvalue weighted by Crippen LogP contribution is 2.28. The van der Waals surface area contributed by atoms with Crippen molar-refractivity contribution in [1.82, 2.24) is 5.32 Å². The third-order valence-corrected chi connectivity index (χ3v) is 3.60. The fraction of sp³-hybridized carbons (Fsp3) is 0.294. The summed E-state index contributed by atoms with van der Waals surface area (Å²) in [7, 11) is 0. The van der Waals surface area contributed by atoms with Crippen LogP contribution in [0.5, 0.6) is 0 Å². The Labute approximate surface area is 123 Å². The van der Waals surface area contributed by atoms with Crippen LogP contribution in [0.1, 0.15) is 31.1 Å². The molecular formula is C17H16N2O2. The Morgan fingerprint density at radius 2 is 2.24 bits per heavy atom. The summed E-state index contributed by atoms with van der Waals surface area (Å²) in [5.74, 6) is 0.496. The number of carbonyl (C=O) groups is 1. The van der Waals surface area contributed by atoms with E-state index in [0.717, 1.165) is 35.1 Å². The van der Waals surface area contributed by atoms with Gasteiger partial charge in [-0.3, -0.25) is 4.79 Å². The number of nitriles is 1. The second-order valence-corrected chi connectivity index (χ2v) is 5.21. The van der Waals surface area contributed by atoms with Gasteiger partial charge in [0, 0.05) is 23.4 Å². The van der Waals surface area contributed by atoms with E-state index in [0.29, 0.717) is 6.42 Å². The zero-order valence-electron chi connectivity index (χ0n) is 11.8. The maximum atomic E-state index is 12.1. The number of fused-ring (bicyclic) bond motifs is 1. The molecule has 4 nitrogen and oxygen atoms in total. The summed E-state index contributed by atoms with van der Waals surface area (Å²) in [6, 6.07) is 9.89. The summed E-state index contributed by atoms with van der Waals surface area (Å²) in [4.78, 5) is 12.1. The molecule has 2 aromatic rings. The molecule has 1 aromatic carbocycles. The van der Waals surface area contributed by atoms with Crippen molar-refractivity contribution in [2.75, 3.05) is 0 Å². The molecule has 0 spiro atoms. The average molecular weight is 280 g/mol. The van der Waals surface area contributed by atoms with Gasteiger partial charge in [0.2, 0.25) is 0 Å². The van der Waals surface area contributed by atoms with Crippen LogP contribution in [-0.2, 0) is 11.2 Å².